The summed E-state index contributed by atoms with van der Waals surface area (Å²) >= 11 is 0. The first-order valence-corrected chi connectivity index (χ1v) is 14.3. The second kappa shape index (κ2) is 9.89. The van der Waals surface area contributed by atoms with E-state index in [2.05, 4.69) is 41.5 Å². The summed E-state index contributed by atoms with van der Waals surface area (Å²) in [6.07, 6.45) is 2.49. The molecule has 0 amide bonds. The van der Waals surface area contributed by atoms with Gasteiger partial charge in [0.2, 0.25) is 0 Å². The van der Waals surface area contributed by atoms with Gasteiger partial charge in [0.15, 0.2) is 0 Å². The quantitative estimate of drug-likeness (QED) is 0.419. The lowest BCUT2D eigenvalue weighted by Gasteiger charge is -2.56. The van der Waals surface area contributed by atoms with Crippen LogP contribution < -0.4 is 0 Å². The molecule has 4 aliphatic rings. The number of cyclic esters (lactones) is 1. The number of aliphatic hydroxyl groups is 4. The third kappa shape index (κ3) is 4.38. The van der Waals surface area contributed by atoms with Crippen molar-refractivity contribution in [2.75, 3.05) is 6.61 Å². The Morgan fingerprint density at radius 1 is 0.971 bits per heavy atom. The van der Waals surface area contributed by atoms with Gasteiger partial charge in [0.05, 0.1) is 36.9 Å². The predicted molar refractivity (Wildman–Crippen MR) is 134 cm³/mol. The lowest BCUT2D eigenvalue weighted by Crippen LogP contribution is -2.55. The number of ether oxygens (including phenoxy) is 1. The fourth-order valence-electron chi connectivity index (χ4n) is 9.60. The molecular formula is C29H50O6. The van der Waals surface area contributed by atoms with Crippen LogP contribution in [0.5, 0.6) is 0 Å². The number of rotatable bonds is 6. The zero-order valence-electron chi connectivity index (χ0n) is 22.7. The van der Waals surface area contributed by atoms with E-state index >= 15 is 0 Å². The van der Waals surface area contributed by atoms with Crippen LogP contribution in [0.4, 0.5) is 0 Å². The summed E-state index contributed by atoms with van der Waals surface area (Å²) in [7, 11) is 0. The maximum absolute atomic E-state index is 13.0. The van der Waals surface area contributed by atoms with E-state index in [-0.39, 0.29) is 52.8 Å². The Morgan fingerprint density at radius 3 is 2.26 bits per heavy atom. The van der Waals surface area contributed by atoms with Crippen LogP contribution in [0.3, 0.4) is 0 Å². The molecule has 4 fully saturated rings. The summed E-state index contributed by atoms with van der Waals surface area (Å²) < 4.78 is 5.88. The molecule has 0 bridgehead atoms. The normalized spacial score (nSPS) is 47.1. The molecule has 0 spiro atoms. The van der Waals surface area contributed by atoms with Crippen molar-refractivity contribution in [2.24, 2.45) is 58.2 Å². The van der Waals surface area contributed by atoms with Crippen molar-refractivity contribution in [3.63, 3.8) is 0 Å². The Hall–Kier alpha value is -0.690. The van der Waals surface area contributed by atoms with Crippen LogP contribution in [0.15, 0.2) is 0 Å². The SMILES string of the molecule is CC[C@H](C(C)C)[C@H](O)[C@H](O)[C@H](C)[C@@H]1CC[C@@H]2[C@@H]3COC(=O)[C@@H]4C[C@H](O)[C@H](O)C[C@]4(C)[C@@H]3CC[C@@]21C. The molecule has 6 nitrogen and oxygen atoms in total. The number of aliphatic hydroxyl groups excluding tert-OH is 4. The molecule has 1 aliphatic heterocycles. The molecule has 0 aromatic carbocycles. The van der Waals surface area contributed by atoms with E-state index in [9.17, 15) is 25.2 Å². The number of hydrogen-bond donors (Lipinski definition) is 4. The number of fused-ring (bicyclic) bond motifs is 5. The molecule has 13 atom stereocenters. The molecule has 4 rings (SSSR count). The third-order valence-electron chi connectivity index (χ3n) is 11.7. The van der Waals surface area contributed by atoms with Gasteiger partial charge >= 0.3 is 5.97 Å². The molecule has 0 aromatic heterocycles. The summed E-state index contributed by atoms with van der Waals surface area (Å²) in [6, 6.07) is 0. The van der Waals surface area contributed by atoms with Gasteiger partial charge in [0, 0.05) is 0 Å². The fourth-order valence-corrected chi connectivity index (χ4v) is 9.60. The number of esters is 1. The Bertz CT molecular complexity index is 770. The largest absolute Gasteiger partial charge is 0.465 e. The summed E-state index contributed by atoms with van der Waals surface area (Å²) in [4.78, 5) is 13.0. The Kier molecular flexibility index (Phi) is 7.72. The summed E-state index contributed by atoms with van der Waals surface area (Å²) in [5, 5.41) is 43.2. The minimum atomic E-state index is -0.867. The summed E-state index contributed by atoms with van der Waals surface area (Å²) in [6.45, 7) is 13.4. The highest BCUT2D eigenvalue weighted by Gasteiger charge is 2.63. The highest BCUT2D eigenvalue weighted by Crippen LogP contribution is 2.66. The molecular weight excluding hydrogens is 444 g/mol. The number of carbonyl (C=O) groups excluding carboxylic acids is 1. The summed E-state index contributed by atoms with van der Waals surface area (Å²) in [5.74, 6) is 1.01. The van der Waals surface area contributed by atoms with Gasteiger partial charge in [-0.15, -0.1) is 0 Å². The van der Waals surface area contributed by atoms with Gasteiger partial charge in [0.25, 0.3) is 0 Å². The van der Waals surface area contributed by atoms with Gasteiger partial charge < -0.3 is 25.2 Å². The second-order valence-electron chi connectivity index (χ2n) is 13.5. The van der Waals surface area contributed by atoms with Gasteiger partial charge in [-0.05, 0) is 90.8 Å². The maximum atomic E-state index is 13.0. The topological polar surface area (TPSA) is 107 Å². The maximum Gasteiger partial charge on any atom is 0.309 e. The lowest BCUT2D eigenvalue weighted by molar-refractivity contribution is -0.162. The van der Waals surface area contributed by atoms with Gasteiger partial charge in [-0.3, -0.25) is 4.79 Å². The standard InChI is InChI=1S/C29H50O6/c1-7-17(15(2)3)26(33)25(32)16(4)19-8-9-20-18-14-35-27(34)22-12-23(30)24(31)13-29(22,6)21(18)10-11-28(19,20)5/h15-26,30-33H,7-14H2,1-6H3/t16-,17-,18+,19+,20-,21-,22+,23+,24-,25-,26+,28-,29-/m1/s1. The van der Waals surface area contributed by atoms with Crippen molar-refractivity contribution in [1.29, 1.82) is 0 Å². The minimum absolute atomic E-state index is 0.00679. The first kappa shape index (κ1) is 27.3. The van der Waals surface area contributed by atoms with Crippen LogP contribution in [0.25, 0.3) is 0 Å². The van der Waals surface area contributed by atoms with Crippen molar-refractivity contribution in [3.05, 3.63) is 0 Å². The van der Waals surface area contributed by atoms with Crippen molar-refractivity contribution in [3.8, 4) is 0 Å². The molecule has 35 heavy (non-hydrogen) atoms. The zero-order valence-corrected chi connectivity index (χ0v) is 22.7. The van der Waals surface area contributed by atoms with E-state index in [0.29, 0.717) is 30.8 Å². The third-order valence-corrected chi connectivity index (χ3v) is 11.7. The Labute approximate surface area is 211 Å². The number of hydrogen-bond acceptors (Lipinski definition) is 6. The van der Waals surface area contributed by atoms with Crippen molar-refractivity contribution in [1.82, 2.24) is 0 Å². The average molecular weight is 495 g/mol. The Morgan fingerprint density at radius 2 is 1.63 bits per heavy atom. The van der Waals surface area contributed by atoms with Crippen molar-refractivity contribution in [2.45, 2.75) is 111 Å². The molecule has 0 unspecified atom stereocenters. The number of carbonyl (C=O) groups is 1. The van der Waals surface area contributed by atoms with Crippen molar-refractivity contribution < 1.29 is 30.0 Å². The van der Waals surface area contributed by atoms with Crippen LogP contribution in [0, 0.1) is 58.2 Å². The van der Waals surface area contributed by atoms with E-state index in [1.807, 2.05) is 0 Å². The molecule has 1 heterocycles. The van der Waals surface area contributed by atoms with E-state index in [4.69, 9.17) is 4.74 Å². The molecule has 0 radical (unpaired) electrons. The van der Waals surface area contributed by atoms with E-state index < -0.39 is 24.4 Å². The predicted octanol–water partition coefficient (Wildman–Crippen LogP) is 3.78. The molecule has 202 valence electrons. The van der Waals surface area contributed by atoms with Crippen molar-refractivity contribution >= 4 is 5.97 Å². The first-order valence-electron chi connectivity index (χ1n) is 14.3. The first-order chi connectivity index (χ1) is 16.4. The molecule has 4 N–H and O–H groups in total. The van der Waals surface area contributed by atoms with Gasteiger partial charge in [-0.1, -0.05) is 48.0 Å². The smallest absolute Gasteiger partial charge is 0.309 e. The van der Waals surface area contributed by atoms with Gasteiger partial charge in [-0.25, -0.2) is 0 Å². The molecule has 0 aromatic rings. The highest BCUT2D eigenvalue weighted by atomic mass is 16.5. The molecule has 3 aliphatic carbocycles. The summed E-state index contributed by atoms with van der Waals surface area (Å²) in [5.41, 5.74) is -0.348. The fraction of sp³-hybridized carbons (Fsp3) is 0.966. The van der Waals surface area contributed by atoms with E-state index in [0.717, 1.165) is 32.1 Å². The van der Waals surface area contributed by atoms with Crippen LogP contribution in [-0.2, 0) is 9.53 Å². The van der Waals surface area contributed by atoms with Crippen LogP contribution in [0.2, 0.25) is 0 Å². The van der Waals surface area contributed by atoms with E-state index in [1.54, 1.807) is 0 Å². The molecule has 3 saturated carbocycles. The minimum Gasteiger partial charge on any atom is -0.465 e. The van der Waals surface area contributed by atoms with Crippen LogP contribution in [0.1, 0.15) is 86.5 Å². The van der Waals surface area contributed by atoms with Gasteiger partial charge in [-0.2, -0.15) is 0 Å². The monoisotopic (exact) mass is 494 g/mol. The van der Waals surface area contributed by atoms with Gasteiger partial charge in [0.1, 0.15) is 0 Å². The Balaban J connectivity index is 1.57. The van der Waals surface area contributed by atoms with E-state index in [1.165, 1.54) is 0 Å². The second-order valence-corrected chi connectivity index (χ2v) is 13.5. The molecule has 1 saturated heterocycles. The molecule has 6 heteroatoms. The lowest BCUT2D eigenvalue weighted by atomic mass is 9.48. The van der Waals surface area contributed by atoms with Crippen LogP contribution in [-0.4, -0.2) is 57.4 Å². The highest BCUT2D eigenvalue weighted by molar-refractivity contribution is 5.74. The average Bonchev–Trinajstić information content (AvgIpc) is 3.11. The van der Waals surface area contributed by atoms with Crippen LogP contribution >= 0.6 is 0 Å². The zero-order chi connectivity index (χ0) is 25.9.